The fourth-order valence-electron chi connectivity index (χ4n) is 3.12. The first kappa shape index (κ1) is 16.3. The summed E-state index contributed by atoms with van der Waals surface area (Å²) in [6, 6.07) is 16.2. The van der Waals surface area contributed by atoms with Gasteiger partial charge in [0.15, 0.2) is 5.82 Å². The third-order valence-corrected chi connectivity index (χ3v) is 4.64. The van der Waals surface area contributed by atoms with E-state index in [9.17, 15) is 4.79 Å². The van der Waals surface area contributed by atoms with Crippen molar-refractivity contribution in [3.8, 4) is 11.4 Å². The predicted octanol–water partition coefficient (Wildman–Crippen LogP) is 4.00. The van der Waals surface area contributed by atoms with Crippen LogP contribution in [-0.2, 0) is 13.0 Å². The number of aryl methyl sites for hydroxylation is 2. The number of aromatic nitrogens is 2. The molecule has 0 saturated heterocycles. The van der Waals surface area contributed by atoms with Crippen molar-refractivity contribution in [3.63, 3.8) is 0 Å². The minimum Gasteiger partial charge on any atom is -0.346 e. The van der Waals surface area contributed by atoms with Crippen molar-refractivity contribution in [2.24, 2.45) is 0 Å². The Morgan fingerprint density at radius 3 is 2.58 bits per heavy atom. The molecule has 0 radical (unpaired) electrons. The highest BCUT2D eigenvalue weighted by atomic mass is 16.2. The fourth-order valence-corrected chi connectivity index (χ4v) is 3.12. The van der Waals surface area contributed by atoms with Crippen molar-refractivity contribution >= 4 is 17.4 Å². The lowest BCUT2D eigenvalue weighted by molar-refractivity contribution is 0.0966. The highest BCUT2D eigenvalue weighted by Crippen LogP contribution is 2.29. The van der Waals surface area contributed by atoms with E-state index in [2.05, 4.69) is 39.7 Å². The maximum absolute atomic E-state index is 12.3. The lowest BCUT2D eigenvalue weighted by atomic mass is 10.1. The Morgan fingerprint density at radius 1 is 1.08 bits per heavy atom. The van der Waals surface area contributed by atoms with Gasteiger partial charge in [0.05, 0.1) is 12.2 Å². The zero-order chi connectivity index (χ0) is 18.1. The second-order valence-electron chi connectivity index (χ2n) is 6.39. The molecule has 4 rings (SSSR count). The fraction of sp³-hybridized carbons (Fsp3) is 0.190. The molecule has 1 aliphatic heterocycles. The molecule has 1 amide bonds. The van der Waals surface area contributed by atoms with Crippen molar-refractivity contribution in [1.29, 1.82) is 0 Å². The molecule has 26 heavy (non-hydrogen) atoms. The number of anilines is 2. The van der Waals surface area contributed by atoms with Gasteiger partial charge in [-0.1, -0.05) is 43.3 Å². The summed E-state index contributed by atoms with van der Waals surface area (Å²) in [7, 11) is 0. The quantitative estimate of drug-likeness (QED) is 0.751. The van der Waals surface area contributed by atoms with Crippen LogP contribution < -0.4 is 10.6 Å². The average Bonchev–Trinajstić information content (AvgIpc) is 3.04. The van der Waals surface area contributed by atoms with Gasteiger partial charge in [0.2, 0.25) is 0 Å². The molecule has 0 spiro atoms. The molecule has 0 unspecified atom stereocenters. The first-order chi connectivity index (χ1) is 12.7. The summed E-state index contributed by atoms with van der Waals surface area (Å²) in [4.78, 5) is 21.6. The Morgan fingerprint density at radius 2 is 1.85 bits per heavy atom. The van der Waals surface area contributed by atoms with Gasteiger partial charge in [-0.3, -0.25) is 4.79 Å². The van der Waals surface area contributed by atoms with E-state index >= 15 is 0 Å². The molecule has 0 fully saturated rings. The Kier molecular flexibility index (Phi) is 4.13. The first-order valence-electron chi connectivity index (χ1n) is 8.77. The van der Waals surface area contributed by atoms with Crippen molar-refractivity contribution in [2.45, 2.75) is 26.8 Å². The van der Waals surface area contributed by atoms with Crippen LogP contribution in [0, 0.1) is 6.92 Å². The summed E-state index contributed by atoms with van der Waals surface area (Å²) in [6.45, 7) is 4.59. The zero-order valence-corrected chi connectivity index (χ0v) is 14.8. The van der Waals surface area contributed by atoms with Gasteiger partial charge in [0.25, 0.3) is 5.91 Å². The molecule has 5 heteroatoms. The minimum absolute atomic E-state index is 0.135. The van der Waals surface area contributed by atoms with Crippen molar-refractivity contribution < 1.29 is 4.79 Å². The molecular weight excluding hydrogens is 324 g/mol. The van der Waals surface area contributed by atoms with Crippen LogP contribution in [0.3, 0.4) is 0 Å². The molecule has 0 saturated carbocycles. The molecule has 0 atom stereocenters. The van der Waals surface area contributed by atoms with E-state index in [1.54, 1.807) is 0 Å². The van der Waals surface area contributed by atoms with Crippen LogP contribution in [0.15, 0.2) is 48.5 Å². The summed E-state index contributed by atoms with van der Waals surface area (Å²) in [5.74, 6) is 1.04. The smallest absolute Gasteiger partial charge is 0.257 e. The van der Waals surface area contributed by atoms with Gasteiger partial charge < -0.3 is 10.6 Å². The van der Waals surface area contributed by atoms with Crippen LogP contribution in [0.25, 0.3) is 11.4 Å². The molecule has 5 nitrogen and oxygen atoms in total. The largest absolute Gasteiger partial charge is 0.346 e. The number of benzene rings is 2. The maximum atomic E-state index is 12.3. The molecule has 1 aliphatic rings. The van der Waals surface area contributed by atoms with Crippen molar-refractivity contribution in [2.75, 3.05) is 5.32 Å². The van der Waals surface area contributed by atoms with Crippen LogP contribution >= 0.6 is 0 Å². The van der Waals surface area contributed by atoms with Gasteiger partial charge in [-0.2, -0.15) is 0 Å². The average molecular weight is 344 g/mol. The van der Waals surface area contributed by atoms with Crippen molar-refractivity contribution in [3.05, 3.63) is 70.9 Å². The van der Waals surface area contributed by atoms with E-state index < -0.39 is 0 Å². The second kappa shape index (κ2) is 6.59. The van der Waals surface area contributed by atoms with E-state index in [1.165, 1.54) is 5.56 Å². The molecule has 2 N–H and O–H groups in total. The second-order valence-corrected chi connectivity index (χ2v) is 6.39. The van der Waals surface area contributed by atoms with Crippen LogP contribution in [0.5, 0.6) is 0 Å². The Balaban J connectivity index is 1.79. The van der Waals surface area contributed by atoms with Gasteiger partial charge in [-0.15, -0.1) is 0 Å². The Labute approximate surface area is 152 Å². The van der Waals surface area contributed by atoms with Crippen LogP contribution in [0.2, 0.25) is 0 Å². The van der Waals surface area contributed by atoms with Gasteiger partial charge in [0.1, 0.15) is 11.4 Å². The zero-order valence-electron chi connectivity index (χ0n) is 14.8. The lowest BCUT2D eigenvalue weighted by Crippen LogP contribution is -2.14. The molecule has 2 aromatic carbocycles. The van der Waals surface area contributed by atoms with Gasteiger partial charge in [-0.25, -0.2) is 9.97 Å². The normalized spacial score (nSPS) is 12.6. The number of nitrogens with zero attached hydrogens (tertiary/aromatic N) is 2. The minimum atomic E-state index is -0.135. The molecule has 0 bridgehead atoms. The number of nitrogens with one attached hydrogen (secondary N) is 2. The number of fused-ring (bicyclic) bond motifs is 1. The highest BCUT2D eigenvalue weighted by Gasteiger charge is 2.27. The molecule has 2 heterocycles. The summed E-state index contributed by atoms with van der Waals surface area (Å²) < 4.78 is 0. The van der Waals surface area contributed by atoms with E-state index in [4.69, 9.17) is 0 Å². The van der Waals surface area contributed by atoms with E-state index in [0.717, 1.165) is 28.9 Å². The number of amides is 1. The molecule has 1 aromatic heterocycles. The molecular formula is C21H20N4O. The van der Waals surface area contributed by atoms with Gasteiger partial charge in [0, 0.05) is 11.3 Å². The molecule has 3 aromatic rings. The third-order valence-electron chi connectivity index (χ3n) is 4.64. The first-order valence-corrected chi connectivity index (χ1v) is 8.77. The lowest BCUT2D eigenvalue weighted by Gasteiger charge is -2.12. The number of hydrogen-bond acceptors (Lipinski definition) is 4. The van der Waals surface area contributed by atoms with Crippen LogP contribution in [-0.4, -0.2) is 15.9 Å². The predicted molar refractivity (Wildman–Crippen MR) is 102 cm³/mol. The summed E-state index contributed by atoms with van der Waals surface area (Å²) in [5, 5.41) is 6.14. The highest BCUT2D eigenvalue weighted by molar-refractivity contribution is 6.03. The summed E-state index contributed by atoms with van der Waals surface area (Å²) in [5.41, 5.74) is 5.50. The summed E-state index contributed by atoms with van der Waals surface area (Å²) >= 11 is 0. The maximum Gasteiger partial charge on any atom is 0.257 e. The monoisotopic (exact) mass is 344 g/mol. The molecule has 130 valence electrons. The standard InChI is InChI=1S/C21H20N4O/c1-3-14-8-10-15(11-9-14)23-20-18-17(12-22-21(18)26)24-19(25-20)16-7-5-4-6-13(16)2/h4-11H,3,12H2,1-2H3,(H,22,26)(H,23,24,25). The number of hydrogen-bond donors (Lipinski definition) is 2. The van der Waals surface area contributed by atoms with Crippen LogP contribution in [0.1, 0.15) is 34.1 Å². The third kappa shape index (κ3) is 2.92. The van der Waals surface area contributed by atoms with Crippen molar-refractivity contribution in [1.82, 2.24) is 15.3 Å². The SMILES string of the molecule is CCc1ccc(Nc2nc(-c3ccccc3C)nc3c2C(=O)NC3)cc1. The van der Waals surface area contributed by atoms with Crippen LogP contribution in [0.4, 0.5) is 11.5 Å². The topological polar surface area (TPSA) is 66.9 Å². The Bertz CT molecular complexity index is 980. The number of rotatable bonds is 4. The van der Waals surface area contributed by atoms with E-state index in [1.807, 2.05) is 43.3 Å². The number of carbonyl (C=O) groups excluding carboxylic acids is 1. The van der Waals surface area contributed by atoms with Gasteiger partial charge in [-0.05, 0) is 36.6 Å². The van der Waals surface area contributed by atoms with E-state index in [0.29, 0.717) is 23.8 Å². The van der Waals surface area contributed by atoms with Gasteiger partial charge >= 0.3 is 0 Å². The Hall–Kier alpha value is -3.21. The summed E-state index contributed by atoms with van der Waals surface area (Å²) in [6.07, 6.45) is 0.989. The van der Waals surface area contributed by atoms with E-state index in [-0.39, 0.29) is 5.91 Å². The molecule has 0 aliphatic carbocycles. The number of carbonyl (C=O) groups is 1.